The van der Waals surface area contributed by atoms with E-state index in [2.05, 4.69) is 30.0 Å². The van der Waals surface area contributed by atoms with Crippen LogP contribution in [0.15, 0.2) is 24.4 Å². The van der Waals surface area contributed by atoms with Crippen LogP contribution in [0.4, 0.5) is 5.69 Å². The van der Waals surface area contributed by atoms with Crippen LogP contribution in [0.3, 0.4) is 0 Å². The van der Waals surface area contributed by atoms with Gasteiger partial charge in [-0.1, -0.05) is 13.8 Å². The number of anilines is 1. The first-order valence-corrected chi connectivity index (χ1v) is 5.54. The van der Waals surface area contributed by atoms with Crippen LogP contribution < -0.4 is 5.73 Å². The minimum absolute atomic E-state index is 0.671. The maximum absolute atomic E-state index is 5.61. The third-order valence-corrected chi connectivity index (χ3v) is 2.55. The highest BCUT2D eigenvalue weighted by Crippen LogP contribution is 2.12. The summed E-state index contributed by atoms with van der Waals surface area (Å²) in [6.45, 7) is 4.22. The van der Waals surface area contributed by atoms with Crippen molar-refractivity contribution in [3.05, 3.63) is 35.8 Å². The second-order valence-corrected chi connectivity index (χ2v) is 3.70. The molecular weight excluding hydrogens is 200 g/mol. The quantitative estimate of drug-likeness (QED) is 0.853. The Kier molecular flexibility index (Phi) is 2.90. The molecule has 0 unspecified atom stereocenters. The third kappa shape index (κ3) is 1.91. The van der Waals surface area contributed by atoms with Crippen molar-refractivity contribution in [2.75, 3.05) is 5.73 Å². The molecule has 84 valence electrons. The van der Waals surface area contributed by atoms with Gasteiger partial charge in [-0.25, -0.2) is 9.67 Å². The van der Waals surface area contributed by atoms with Gasteiger partial charge in [0.25, 0.3) is 0 Å². The second kappa shape index (κ2) is 4.35. The van der Waals surface area contributed by atoms with Gasteiger partial charge in [0.15, 0.2) is 5.82 Å². The summed E-state index contributed by atoms with van der Waals surface area (Å²) < 4.78 is 1.89. The van der Waals surface area contributed by atoms with Gasteiger partial charge in [0.1, 0.15) is 0 Å². The van der Waals surface area contributed by atoms with E-state index >= 15 is 0 Å². The van der Waals surface area contributed by atoms with Crippen LogP contribution in [0.25, 0.3) is 5.82 Å². The van der Waals surface area contributed by atoms with E-state index in [1.807, 2.05) is 16.8 Å². The minimum Gasteiger partial charge on any atom is -0.397 e. The fourth-order valence-corrected chi connectivity index (χ4v) is 1.62. The number of nitrogens with zero attached hydrogens (tertiary/aromatic N) is 3. The second-order valence-electron chi connectivity index (χ2n) is 3.70. The van der Waals surface area contributed by atoms with E-state index in [4.69, 9.17) is 5.73 Å². The van der Waals surface area contributed by atoms with E-state index in [-0.39, 0.29) is 0 Å². The molecule has 0 saturated heterocycles. The summed E-state index contributed by atoms with van der Waals surface area (Å²) in [5, 5.41) is 4.51. The Morgan fingerprint density at radius 3 is 2.62 bits per heavy atom. The molecule has 0 aliphatic heterocycles. The number of nitrogens with two attached hydrogens (primary N) is 1. The van der Waals surface area contributed by atoms with Crippen molar-refractivity contribution < 1.29 is 0 Å². The minimum atomic E-state index is 0.671. The average Bonchev–Trinajstić information content (AvgIpc) is 2.73. The fourth-order valence-electron chi connectivity index (χ4n) is 1.62. The van der Waals surface area contributed by atoms with Gasteiger partial charge in [-0.05, 0) is 31.0 Å². The number of nitrogen functional groups attached to an aromatic ring is 1. The van der Waals surface area contributed by atoms with Gasteiger partial charge in [-0.3, -0.25) is 0 Å². The van der Waals surface area contributed by atoms with Crippen molar-refractivity contribution in [3.8, 4) is 5.82 Å². The molecule has 2 aromatic rings. The first-order chi connectivity index (χ1) is 7.74. The smallest absolute Gasteiger partial charge is 0.153 e. The van der Waals surface area contributed by atoms with Gasteiger partial charge in [-0.2, -0.15) is 5.10 Å². The van der Waals surface area contributed by atoms with Crippen LogP contribution >= 0.6 is 0 Å². The molecule has 0 fully saturated rings. The van der Waals surface area contributed by atoms with Crippen molar-refractivity contribution in [2.24, 2.45) is 0 Å². The Morgan fingerprint density at radius 1 is 1.25 bits per heavy atom. The zero-order valence-electron chi connectivity index (χ0n) is 9.64. The van der Waals surface area contributed by atoms with Gasteiger partial charge < -0.3 is 5.73 Å². The molecule has 2 N–H and O–H groups in total. The molecule has 0 aliphatic rings. The van der Waals surface area contributed by atoms with Gasteiger partial charge in [0.05, 0.1) is 17.6 Å². The zero-order chi connectivity index (χ0) is 11.5. The van der Waals surface area contributed by atoms with Crippen molar-refractivity contribution >= 4 is 5.69 Å². The maximum atomic E-state index is 5.61. The summed E-state index contributed by atoms with van der Waals surface area (Å²) in [7, 11) is 0. The molecule has 16 heavy (non-hydrogen) atoms. The summed E-state index contributed by atoms with van der Waals surface area (Å²) >= 11 is 0. The van der Waals surface area contributed by atoms with Crippen LogP contribution in [-0.4, -0.2) is 14.8 Å². The molecule has 2 heterocycles. The number of aryl methyl sites for hydroxylation is 2. The van der Waals surface area contributed by atoms with Gasteiger partial charge >= 0.3 is 0 Å². The van der Waals surface area contributed by atoms with E-state index in [9.17, 15) is 0 Å². The molecule has 0 amide bonds. The third-order valence-electron chi connectivity index (χ3n) is 2.55. The maximum Gasteiger partial charge on any atom is 0.153 e. The number of aromatic nitrogens is 3. The molecule has 2 aromatic heterocycles. The highest BCUT2D eigenvalue weighted by atomic mass is 15.3. The fraction of sp³-hybridized carbons (Fsp3) is 0.333. The van der Waals surface area contributed by atoms with Gasteiger partial charge in [-0.15, -0.1) is 0 Å². The number of hydrogen-bond donors (Lipinski definition) is 1. The van der Waals surface area contributed by atoms with Crippen molar-refractivity contribution in [3.63, 3.8) is 0 Å². The van der Waals surface area contributed by atoms with E-state index < -0.39 is 0 Å². The highest BCUT2D eigenvalue weighted by molar-refractivity contribution is 5.39. The molecule has 0 radical (unpaired) electrons. The van der Waals surface area contributed by atoms with Crippen molar-refractivity contribution in [2.45, 2.75) is 26.7 Å². The summed E-state index contributed by atoms with van der Waals surface area (Å²) in [4.78, 5) is 4.28. The normalized spacial score (nSPS) is 10.6. The predicted octanol–water partition coefficient (Wildman–Crippen LogP) is 1.97. The first-order valence-electron chi connectivity index (χ1n) is 5.54. The Hall–Kier alpha value is -1.84. The van der Waals surface area contributed by atoms with Crippen molar-refractivity contribution in [1.29, 1.82) is 0 Å². The molecule has 0 bridgehead atoms. The molecule has 0 aromatic carbocycles. The average molecular weight is 216 g/mol. The lowest BCUT2D eigenvalue weighted by atomic mass is 10.2. The molecular formula is C12H16N4. The standard InChI is InChI=1S/C12H16N4/c1-3-10-7-11(4-2)16(15-10)12-6-5-9(13)8-14-12/h5-8H,3-4,13H2,1-2H3. The number of rotatable bonds is 3. The number of hydrogen-bond acceptors (Lipinski definition) is 3. The van der Waals surface area contributed by atoms with Crippen molar-refractivity contribution in [1.82, 2.24) is 14.8 Å². The van der Waals surface area contributed by atoms with Crippen LogP contribution in [-0.2, 0) is 12.8 Å². The highest BCUT2D eigenvalue weighted by Gasteiger charge is 2.07. The topological polar surface area (TPSA) is 56.7 Å². The van der Waals surface area contributed by atoms with Gasteiger partial charge in [0.2, 0.25) is 0 Å². The molecule has 4 heteroatoms. The van der Waals surface area contributed by atoms with Crippen LogP contribution in [0.1, 0.15) is 25.2 Å². The molecule has 0 aliphatic carbocycles. The first kappa shape index (κ1) is 10.7. The summed E-state index contributed by atoms with van der Waals surface area (Å²) in [6.07, 6.45) is 3.54. The lowest BCUT2D eigenvalue weighted by Gasteiger charge is -2.04. The zero-order valence-corrected chi connectivity index (χ0v) is 9.64. The van der Waals surface area contributed by atoms with E-state index in [0.717, 1.165) is 24.4 Å². The van der Waals surface area contributed by atoms with Crippen LogP contribution in [0, 0.1) is 0 Å². The lowest BCUT2D eigenvalue weighted by molar-refractivity contribution is 0.773. The summed E-state index contributed by atoms with van der Waals surface area (Å²) in [6, 6.07) is 5.86. The Bertz CT molecular complexity index is 470. The molecule has 4 nitrogen and oxygen atoms in total. The summed E-state index contributed by atoms with van der Waals surface area (Å²) in [5.74, 6) is 0.825. The van der Waals surface area contributed by atoms with Crippen LogP contribution in [0.2, 0.25) is 0 Å². The Balaban J connectivity index is 2.45. The predicted molar refractivity (Wildman–Crippen MR) is 64.5 cm³/mol. The molecule has 0 atom stereocenters. The molecule has 2 rings (SSSR count). The molecule has 0 saturated carbocycles. The Morgan fingerprint density at radius 2 is 2.06 bits per heavy atom. The van der Waals surface area contributed by atoms with Crippen LogP contribution in [0.5, 0.6) is 0 Å². The lowest BCUT2D eigenvalue weighted by Crippen LogP contribution is -2.04. The van der Waals surface area contributed by atoms with E-state index in [1.54, 1.807) is 6.20 Å². The largest absolute Gasteiger partial charge is 0.397 e. The van der Waals surface area contributed by atoms with Gasteiger partial charge in [0, 0.05) is 5.69 Å². The monoisotopic (exact) mass is 216 g/mol. The van der Waals surface area contributed by atoms with E-state index in [1.165, 1.54) is 5.69 Å². The Labute approximate surface area is 95.1 Å². The summed E-state index contributed by atoms with van der Waals surface area (Å²) in [5.41, 5.74) is 8.55. The van der Waals surface area contributed by atoms with E-state index in [0.29, 0.717) is 5.69 Å². The number of pyridine rings is 1. The molecule has 0 spiro atoms. The SMILES string of the molecule is CCc1cc(CC)n(-c2ccc(N)cn2)n1.